The van der Waals surface area contributed by atoms with Crippen LogP contribution in [0.5, 0.6) is 0 Å². The molecule has 4 aromatic carbocycles. The minimum atomic E-state index is -0.505. The van der Waals surface area contributed by atoms with Crippen molar-refractivity contribution >= 4 is 10.8 Å². The van der Waals surface area contributed by atoms with Gasteiger partial charge in [0.15, 0.2) is 0 Å². The molecule has 0 fully saturated rings. The fourth-order valence-electron chi connectivity index (χ4n) is 2.53. The standard InChI is InChI=1S/C22H16/c1-3-9-17(10-4-1)20-15-7-13-19-14-8-16-21(22(19)20)18-11-5-2-6-12-18/h1-16H/i1D,2D,3D,4D,5D,6D,9D,10D,11D,12D. The summed E-state index contributed by atoms with van der Waals surface area (Å²) in [7, 11) is 0. The molecule has 4 rings (SSSR count). The number of hydrogen-bond donors (Lipinski definition) is 0. The van der Waals surface area contributed by atoms with Gasteiger partial charge in [-0.3, -0.25) is 0 Å². The molecule has 0 aliphatic carbocycles. The third-order valence-electron chi connectivity index (χ3n) is 3.44. The highest BCUT2D eigenvalue weighted by Gasteiger charge is 2.09. The Labute approximate surface area is 144 Å². The summed E-state index contributed by atoms with van der Waals surface area (Å²) in [6, 6.07) is 5.69. The van der Waals surface area contributed by atoms with Crippen LogP contribution in [0.3, 0.4) is 0 Å². The highest BCUT2D eigenvalue weighted by atomic mass is 14.1. The molecule has 104 valence electrons. The third kappa shape index (κ3) is 2.19. The van der Waals surface area contributed by atoms with Crippen LogP contribution < -0.4 is 0 Å². The Bertz CT molecular complexity index is 1260. The molecule has 0 saturated heterocycles. The van der Waals surface area contributed by atoms with Gasteiger partial charge in [-0.25, -0.2) is 0 Å². The summed E-state index contributed by atoms with van der Waals surface area (Å²) in [6.45, 7) is 0. The second kappa shape index (κ2) is 5.50. The summed E-state index contributed by atoms with van der Waals surface area (Å²) in [6.07, 6.45) is 0. The van der Waals surface area contributed by atoms with Crippen LogP contribution >= 0.6 is 0 Å². The Balaban J connectivity index is 2.21. The van der Waals surface area contributed by atoms with E-state index >= 15 is 0 Å². The van der Waals surface area contributed by atoms with Gasteiger partial charge in [0.05, 0.1) is 13.7 Å². The molecule has 0 aromatic heterocycles. The summed E-state index contributed by atoms with van der Waals surface area (Å²) in [5.74, 6) is 0. The van der Waals surface area contributed by atoms with E-state index in [-0.39, 0.29) is 35.3 Å². The molecule has 0 nitrogen and oxygen atoms in total. The van der Waals surface area contributed by atoms with Gasteiger partial charge in [-0.05, 0) is 33.0 Å². The van der Waals surface area contributed by atoms with E-state index in [1.807, 2.05) is 0 Å². The average molecular weight is 290 g/mol. The maximum Gasteiger partial charge on any atom is 0.0629 e. The van der Waals surface area contributed by atoms with Gasteiger partial charge in [-0.15, -0.1) is 0 Å². The smallest absolute Gasteiger partial charge is 0.0622 e. The van der Waals surface area contributed by atoms with Crippen LogP contribution in [0.15, 0.2) is 96.8 Å². The van der Waals surface area contributed by atoms with Crippen molar-refractivity contribution in [2.24, 2.45) is 0 Å². The Morgan fingerprint density at radius 1 is 0.545 bits per heavy atom. The zero-order valence-electron chi connectivity index (χ0n) is 21.5. The molecule has 4 aromatic rings. The Kier molecular flexibility index (Phi) is 1.52. The molecule has 0 bridgehead atoms. The number of benzene rings is 4. The van der Waals surface area contributed by atoms with E-state index in [1.165, 1.54) is 0 Å². The third-order valence-corrected chi connectivity index (χ3v) is 3.44. The zero-order chi connectivity index (χ0) is 23.5. The van der Waals surface area contributed by atoms with Crippen molar-refractivity contribution in [3.05, 3.63) is 96.8 Å². The van der Waals surface area contributed by atoms with Crippen LogP contribution in [0.1, 0.15) is 13.7 Å². The zero-order valence-corrected chi connectivity index (χ0v) is 11.5. The molecule has 0 heterocycles. The van der Waals surface area contributed by atoms with Crippen molar-refractivity contribution in [2.45, 2.75) is 0 Å². The Morgan fingerprint density at radius 2 is 1.00 bits per heavy atom. The van der Waals surface area contributed by atoms with Crippen LogP contribution in [-0.2, 0) is 0 Å². The van der Waals surface area contributed by atoms with Gasteiger partial charge < -0.3 is 0 Å². The van der Waals surface area contributed by atoms with Gasteiger partial charge in [0, 0.05) is 0 Å². The van der Waals surface area contributed by atoms with Gasteiger partial charge in [0.1, 0.15) is 0 Å². The lowest BCUT2D eigenvalue weighted by atomic mass is 9.91. The predicted molar refractivity (Wildman–Crippen MR) is 94.8 cm³/mol. The highest BCUT2D eigenvalue weighted by molar-refractivity contribution is 6.06. The molecule has 0 heteroatoms. The summed E-state index contributed by atoms with van der Waals surface area (Å²) in [5, 5.41) is 1.07. The minimum absolute atomic E-state index is 0.0126. The van der Waals surface area contributed by atoms with Crippen molar-refractivity contribution in [1.29, 1.82) is 0 Å². The lowest BCUT2D eigenvalue weighted by molar-refractivity contribution is 1.62. The summed E-state index contributed by atoms with van der Waals surface area (Å²) < 4.78 is 81.3. The van der Waals surface area contributed by atoms with E-state index in [9.17, 15) is 0 Å². The molecule has 0 amide bonds. The fourth-order valence-corrected chi connectivity index (χ4v) is 2.53. The van der Waals surface area contributed by atoms with Gasteiger partial charge in [-0.2, -0.15) is 0 Å². The molecule has 0 spiro atoms. The number of fused-ring (bicyclic) bond motifs is 1. The first-order chi connectivity index (χ1) is 15.1. The van der Waals surface area contributed by atoms with E-state index in [2.05, 4.69) is 0 Å². The first-order valence-electron chi connectivity index (χ1n) is 11.7. The van der Waals surface area contributed by atoms with Crippen molar-refractivity contribution in [1.82, 2.24) is 0 Å². The number of rotatable bonds is 2. The SMILES string of the molecule is [2H]c1c([2H])c([2H])c(-c2cccc3cccc(-c4c([2H])c([2H])c([2H])c([2H])c4[2H])c23)c([2H])c1[2H]. The monoisotopic (exact) mass is 290 g/mol. The fraction of sp³-hybridized carbons (Fsp3) is 0. The molecule has 0 aliphatic heterocycles. The van der Waals surface area contributed by atoms with E-state index in [0.717, 1.165) is 0 Å². The second-order valence-corrected chi connectivity index (χ2v) is 4.71. The molecular formula is C22H16. The average Bonchev–Trinajstić information content (AvgIpc) is 2.79. The molecule has 0 radical (unpaired) electrons. The Hall–Kier alpha value is -2.86. The Morgan fingerprint density at radius 3 is 1.45 bits per heavy atom. The van der Waals surface area contributed by atoms with E-state index in [0.29, 0.717) is 21.9 Å². The van der Waals surface area contributed by atoms with Gasteiger partial charge >= 0.3 is 0 Å². The van der Waals surface area contributed by atoms with Crippen LogP contribution in [0.2, 0.25) is 0 Å². The summed E-state index contributed by atoms with van der Waals surface area (Å²) >= 11 is 0. The van der Waals surface area contributed by atoms with Crippen molar-refractivity contribution in [2.75, 3.05) is 0 Å². The molecule has 0 N–H and O–H groups in total. The molecular weight excluding hydrogens is 264 g/mol. The molecule has 0 aliphatic rings. The van der Waals surface area contributed by atoms with E-state index in [1.54, 1.807) is 36.4 Å². The molecule has 0 unspecified atom stereocenters. The topological polar surface area (TPSA) is 0 Å². The quantitative estimate of drug-likeness (QED) is 0.414. The second-order valence-electron chi connectivity index (χ2n) is 4.71. The predicted octanol–water partition coefficient (Wildman–Crippen LogP) is 6.17. The maximum absolute atomic E-state index is 8.37. The van der Waals surface area contributed by atoms with Crippen molar-refractivity contribution in [3.63, 3.8) is 0 Å². The van der Waals surface area contributed by atoms with Gasteiger partial charge in [0.2, 0.25) is 0 Å². The largest absolute Gasteiger partial charge is 0.0629 e. The van der Waals surface area contributed by atoms with Crippen LogP contribution in [0.25, 0.3) is 33.0 Å². The summed E-state index contributed by atoms with van der Waals surface area (Å²) in [4.78, 5) is 0. The molecule has 0 saturated carbocycles. The first-order valence-corrected chi connectivity index (χ1v) is 6.74. The van der Waals surface area contributed by atoms with Gasteiger partial charge in [0.25, 0.3) is 0 Å². The van der Waals surface area contributed by atoms with E-state index < -0.39 is 36.3 Å². The van der Waals surface area contributed by atoms with Crippen LogP contribution in [0.4, 0.5) is 0 Å². The molecule has 22 heavy (non-hydrogen) atoms. The van der Waals surface area contributed by atoms with Crippen LogP contribution in [0, 0.1) is 0 Å². The highest BCUT2D eigenvalue weighted by Crippen LogP contribution is 2.36. The molecule has 0 atom stereocenters. The lowest BCUT2D eigenvalue weighted by Crippen LogP contribution is -1.86. The maximum atomic E-state index is 8.37. The first kappa shape index (κ1) is 6.10. The van der Waals surface area contributed by atoms with Crippen molar-refractivity contribution < 1.29 is 13.7 Å². The number of hydrogen-bond acceptors (Lipinski definition) is 0. The lowest BCUT2D eigenvalue weighted by Gasteiger charge is -2.12. The summed E-state index contributed by atoms with van der Waals surface area (Å²) in [5.41, 5.74) is 0.617. The minimum Gasteiger partial charge on any atom is -0.0622 e. The van der Waals surface area contributed by atoms with Crippen molar-refractivity contribution in [3.8, 4) is 22.3 Å². The van der Waals surface area contributed by atoms with Gasteiger partial charge in [-0.1, -0.05) is 96.8 Å². The normalized spacial score (nSPS) is 17.1. The van der Waals surface area contributed by atoms with E-state index in [4.69, 9.17) is 13.7 Å². The van der Waals surface area contributed by atoms with Crippen LogP contribution in [-0.4, -0.2) is 0 Å².